The second kappa shape index (κ2) is 6.52. The molecule has 0 aromatic heterocycles. The predicted octanol–water partition coefficient (Wildman–Crippen LogP) is 4.50. The zero-order valence-electron chi connectivity index (χ0n) is 11.5. The Balaban J connectivity index is 3.20. The lowest BCUT2D eigenvalue weighted by molar-refractivity contribution is 0.355. The van der Waals surface area contributed by atoms with Crippen molar-refractivity contribution in [3.8, 4) is 0 Å². The van der Waals surface area contributed by atoms with Crippen molar-refractivity contribution in [3.63, 3.8) is 0 Å². The highest BCUT2D eigenvalue weighted by molar-refractivity contribution is 4.70. The summed E-state index contributed by atoms with van der Waals surface area (Å²) in [6.45, 7) is 11.2. The summed E-state index contributed by atoms with van der Waals surface area (Å²) in [5.74, 6) is 0. The fourth-order valence-electron chi connectivity index (χ4n) is 1.77. The lowest BCUT2D eigenvalue weighted by Gasteiger charge is -2.18. The fraction of sp³-hybridized carbons (Fsp3) is 1.00. The van der Waals surface area contributed by atoms with E-state index in [1.807, 2.05) is 0 Å². The topological polar surface area (TPSA) is 26.0 Å². The van der Waals surface area contributed by atoms with Gasteiger partial charge in [0.1, 0.15) is 0 Å². The van der Waals surface area contributed by atoms with Crippen LogP contribution in [0, 0.1) is 5.41 Å². The second-order valence-corrected chi connectivity index (χ2v) is 6.82. The monoisotopic (exact) mass is 213 g/mol. The van der Waals surface area contributed by atoms with Crippen molar-refractivity contribution < 1.29 is 0 Å². The van der Waals surface area contributed by atoms with Crippen LogP contribution in [0.4, 0.5) is 0 Å². The minimum atomic E-state index is 0.0331. The molecule has 0 fully saturated rings. The summed E-state index contributed by atoms with van der Waals surface area (Å²) >= 11 is 0. The van der Waals surface area contributed by atoms with Crippen LogP contribution in [0.1, 0.15) is 79.6 Å². The van der Waals surface area contributed by atoms with Gasteiger partial charge < -0.3 is 5.73 Å². The summed E-state index contributed by atoms with van der Waals surface area (Å²) in [4.78, 5) is 0. The first-order chi connectivity index (χ1) is 6.71. The van der Waals surface area contributed by atoms with Crippen LogP contribution in [-0.4, -0.2) is 5.54 Å². The standard InChI is InChI=1S/C14H31N/c1-13(2,3)11-9-7-6-8-10-12-14(4,5)15/h6-12,15H2,1-5H3. The molecule has 0 saturated carbocycles. The van der Waals surface area contributed by atoms with Crippen molar-refractivity contribution in [1.82, 2.24) is 0 Å². The van der Waals surface area contributed by atoms with Gasteiger partial charge in [-0.1, -0.05) is 52.9 Å². The predicted molar refractivity (Wildman–Crippen MR) is 70.0 cm³/mol. The molecule has 2 N–H and O–H groups in total. The molecule has 0 rings (SSSR count). The minimum absolute atomic E-state index is 0.0331. The van der Waals surface area contributed by atoms with E-state index in [0.717, 1.165) is 6.42 Å². The van der Waals surface area contributed by atoms with Gasteiger partial charge in [-0.25, -0.2) is 0 Å². The molecule has 0 aliphatic rings. The molecule has 92 valence electrons. The quantitative estimate of drug-likeness (QED) is 0.619. The third kappa shape index (κ3) is 14.0. The number of rotatable bonds is 7. The van der Waals surface area contributed by atoms with E-state index in [-0.39, 0.29) is 5.54 Å². The van der Waals surface area contributed by atoms with Gasteiger partial charge in [0.25, 0.3) is 0 Å². The van der Waals surface area contributed by atoms with Crippen LogP contribution in [0.3, 0.4) is 0 Å². The molecule has 1 heteroatoms. The highest BCUT2D eigenvalue weighted by atomic mass is 14.7. The zero-order valence-corrected chi connectivity index (χ0v) is 11.5. The Morgan fingerprint density at radius 1 is 0.667 bits per heavy atom. The zero-order chi connectivity index (χ0) is 11.9. The van der Waals surface area contributed by atoms with Gasteiger partial charge >= 0.3 is 0 Å². The first kappa shape index (κ1) is 15.0. The van der Waals surface area contributed by atoms with Gasteiger partial charge in [0, 0.05) is 5.54 Å². The van der Waals surface area contributed by atoms with E-state index in [0.29, 0.717) is 5.41 Å². The third-order valence-electron chi connectivity index (χ3n) is 2.75. The van der Waals surface area contributed by atoms with Crippen LogP contribution in [0.25, 0.3) is 0 Å². The first-order valence-electron chi connectivity index (χ1n) is 6.50. The Morgan fingerprint density at radius 3 is 1.47 bits per heavy atom. The van der Waals surface area contributed by atoms with Crippen molar-refractivity contribution in [2.45, 2.75) is 85.1 Å². The Kier molecular flexibility index (Phi) is 6.51. The van der Waals surface area contributed by atoms with Crippen LogP contribution >= 0.6 is 0 Å². The molecule has 15 heavy (non-hydrogen) atoms. The average molecular weight is 213 g/mol. The molecule has 1 nitrogen and oxygen atoms in total. The molecular formula is C14H31N. The van der Waals surface area contributed by atoms with Crippen molar-refractivity contribution in [1.29, 1.82) is 0 Å². The lowest BCUT2D eigenvalue weighted by atomic mass is 9.89. The molecule has 0 saturated heterocycles. The molecule has 0 unspecified atom stereocenters. The number of hydrogen-bond donors (Lipinski definition) is 1. The second-order valence-electron chi connectivity index (χ2n) is 6.82. The Morgan fingerprint density at radius 2 is 1.07 bits per heavy atom. The summed E-state index contributed by atoms with van der Waals surface area (Å²) in [6, 6.07) is 0. The molecule has 0 aromatic carbocycles. The normalized spacial score (nSPS) is 13.2. The van der Waals surface area contributed by atoms with Gasteiger partial charge in [0.2, 0.25) is 0 Å². The third-order valence-corrected chi connectivity index (χ3v) is 2.75. The van der Waals surface area contributed by atoms with Gasteiger partial charge in [0.05, 0.1) is 0 Å². The summed E-state index contributed by atoms with van der Waals surface area (Å²) in [5, 5.41) is 0. The molecule has 0 aliphatic carbocycles. The maximum Gasteiger partial charge on any atom is 0.00970 e. The molecule has 0 amide bonds. The van der Waals surface area contributed by atoms with Gasteiger partial charge in [-0.15, -0.1) is 0 Å². The molecule has 0 aliphatic heterocycles. The van der Waals surface area contributed by atoms with Crippen LogP contribution in [0.5, 0.6) is 0 Å². The van der Waals surface area contributed by atoms with E-state index in [1.54, 1.807) is 0 Å². The molecule has 0 heterocycles. The summed E-state index contributed by atoms with van der Waals surface area (Å²) in [6.07, 6.45) is 9.31. The summed E-state index contributed by atoms with van der Waals surface area (Å²) in [7, 11) is 0. The number of hydrogen-bond acceptors (Lipinski definition) is 1. The molecule has 0 atom stereocenters. The largest absolute Gasteiger partial charge is 0.326 e. The number of nitrogens with two attached hydrogens (primary N) is 1. The minimum Gasteiger partial charge on any atom is -0.326 e. The van der Waals surface area contributed by atoms with Crippen LogP contribution < -0.4 is 5.73 Å². The molecule has 0 bridgehead atoms. The molecule has 0 spiro atoms. The Bertz CT molecular complexity index is 130. The lowest BCUT2D eigenvalue weighted by Crippen LogP contribution is -2.31. The van der Waals surface area contributed by atoms with Crippen LogP contribution in [0.15, 0.2) is 0 Å². The first-order valence-corrected chi connectivity index (χ1v) is 6.50. The molecule has 0 radical (unpaired) electrons. The van der Waals surface area contributed by atoms with E-state index in [1.165, 1.54) is 38.5 Å². The maximum absolute atomic E-state index is 5.93. The van der Waals surface area contributed by atoms with E-state index < -0.39 is 0 Å². The van der Waals surface area contributed by atoms with Crippen LogP contribution in [0.2, 0.25) is 0 Å². The van der Waals surface area contributed by atoms with Crippen molar-refractivity contribution in [2.24, 2.45) is 11.1 Å². The van der Waals surface area contributed by atoms with E-state index in [2.05, 4.69) is 34.6 Å². The van der Waals surface area contributed by atoms with Gasteiger partial charge in [0.15, 0.2) is 0 Å². The SMILES string of the molecule is CC(C)(C)CCCCCCCC(C)(C)N. The van der Waals surface area contributed by atoms with E-state index >= 15 is 0 Å². The van der Waals surface area contributed by atoms with Crippen molar-refractivity contribution in [3.05, 3.63) is 0 Å². The highest BCUT2D eigenvalue weighted by Gasteiger charge is 2.10. The Hall–Kier alpha value is -0.0400. The smallest absolute Gasteiger partial charge is 0.00970 e. The summed E-state index contributed by atoms with van der Waals surface area (Å²) in [5.41, 5.74) is 6.48. The van der Waals surface area contributed by atoms with Crippen molar-refractivity contribution >= 4 is 0 Å². The van der Waals surface area contributed by atoms with Crippen molar-refractivity contribution in [2.75, 3.05) is 0 Å². The maximum atomic E-state index is 5.93. The van der Waals surface area contributed by atoms with Crippen LogP contribution in [-0.2, 0) is 0 Å². The summed E-state index contributed by atoms with van der Waals surface area (Å²) < 4.78 is 0. The molecular weight excluding hydrogens is 182 g/mol. The number of unbranched alkanes of at least 4 members (excludes halogenated alkanes) is 4. The average Bonchev–Trinajstić information content (AvgIpc) is 1.98. The molecule has 0 aromatic rings. The van der Waals surface area contributed by atoms with Gasteiger partial charge in [-0.3, -0.25) is 0 Å². The van der Waals surface area contributed by atoms with Gasteiger partial charge in [-0.05, 0) is 32.1 Å². The fourth-order valence-corrected chi connectivity index (χ4v) is 1.77. The van der Waals surface area contributed by atoms with E-state index in [9.17, 15) is 0 Å². The van der Waals surface area contributed by atoms with E-state index in [4.69, 9.17) is 5.73 Å². The Labute approximate surface area is 96.8 Å². The van der Waals surface area contributed by atoms with Gasteiger partial charge in [-0.2, -0.15) is 0 Å². The highest BCUT2D eigenvalue weighted by Crippen LogP contribution is 2.22.